The summed E-state index contributed by atoms with van der Waals surface area (Å²) in [6.45, 7) is 6.71. The maximum absolute atomic E-state index is 12.0. The van der Waals surface area contributed by atoms with Gasteiger partial charge in [-0.3, -0.25) is 4.79 Å². The molecule has 7 nitrogen and oxygen atoms in total. The Labute approximate surface area is 181 Å². The van der Waals surface area contributed by atoms with Crippen LogP contribution in [-0.2, 0) is 14.3 Å². The zero-order valence-electron chi connectivity index (χ0n) is 17.0. The minimum atomic E-state index is -0.623. The topological polar surface area (TPSA) is 71.1 Å². The first-order chi connectivity index (χ1) is 14.5. The van der Waals surface area contributed by atoms with E-state index >= 15 is 0 Å². The molecule has 0 aromatic heterocycles. The lowest BCUT2D eigenvalue weighted by atomic mass is 10.2. The Kier molecular flexibility index (Phi) is 7.93. The Hall–Kier alpha value is -2.77. The van der Waals surface area contributed by atoms with Gasteiger partial charge in [0.25, 0.3) is 5.91 Å². The number of carbonyl (C=O) groups excluding carboxylic acids is 2. The molecule has 1 heterocycles. The van der Waals surface area contributed by atoms with E-state index in [0.717, 1.165) is 38.4 Å². The van der Waals surface area contributed by atoms with Gasteiger partial charge in [0.1, 0.15) is 5.75 Å². The molecule has 1 fully saturated rings. The van der Waals surface area contributed by atoms with Crippen LogP contribution in [0.15, 0.2) is 48.5 Å². The molecule has 1 saturated heterocycles. The van der Waals surface area contributed by atoms with Crippen LogP contribution in [0.25, 0.3) is 0 Å². The van der Waals surface area contributed by atoms with E-state index < -0.39 is 11.9 Å². The summed E-state index contributed by atoms with van der Waals surface area (Å²) in [5.41, 5.74) is 1.79. The highest BCUT2D eigenvalue weighted by atomic mass is 35.5. The lowest BCUT2D eigenvalue weighted by Gasteiger charge is -2.35. The zero-order chi connectivity index (χ0) is 21.3. The number of likely N-dealkylation sites (N-methyl/N-ethyl adjacent to an activating group) is 1. The fourth-order valence-electron chi connectivity index (χ4n) is 3.14. The number of amides is 1. The van der Waals surface area contributed by atoms with Gasteiger partial charge in [-0.1, -0.05) is 18.5 Å². The minimum absolute atomic E-state index is 0.283. The second kappa shape index (κ2) is 10.8. The number of benzene rings is 2. The second-order valence-corrected chi connectivity index (χ2v) is 7.36. The summed E-state index contributed by atoms with van der Waals surface area (Å²) in [5.74, 6) is -0.530. The fraction of sp³-hybridized carbons (Fsp3) is 0.364. The predicted molar refractivity (Wildman–Crippen MR) is 117 cm³/mol. The standard InChI is InChI=1S/C22H26ClN3O4/c1-2-25-11-13-26(14-12-25)19-7-5-18(6-8-19)24-21(27)15-30-22(28)16-29-20-9-3-17(23)4-10-20/h3-10H,2,11-16H2,1H3,(H,24,27). The van der Waals surface area contributed by atoms with Crippen molar-refractivity contribution in [3.05, 3.63) is 53.6 Å². The van der Waals surface area contributed by atoms with Gasteiger partial charge in [0.15, 0.2) is 13.2 Å². The molecule has 0 unspecified atom stereocenters. The summed E-state index contributed by atoms with van der Waals surface area (Å²) in [6, 6.07) is 14.3. The van der Waals surface area contributed by atoms with E-state index in [-0.39, 0.29) is 13.2 Å². The lowest BCUT2D eigenvalue weighted by molar-refractivity contribution is -0.149. The molecule has 0 spiro atoms. The normalized spacial score (nSPS) is 14.3. The monoisotopic (exact) mass is 431 g/mol. The highest BCUT2D eigenvalue weighted by Crippen LogP contribution is 2.19. The Morgan fingerprint density at radius 3 is 2.27 bits per heavy atom. The van der Waals surface area contributed by atoms with E-state index in [9.17, 15) is 9.59 Å². The Balaban J connectivity index is 1.38. The van der Waals surface area contributed by atoms with Crippen molar-refractivity contribution < 1.29 is 19.1 Å². The van der Waals surface area contributed by atoms with Crippen LogP contribution in [0.1, 0.15) is 6.92 Å². The van der Waals surface area contributed by atoms with E-state index in [1.165, 1.54) is 0 Å². The minimum Gasteiger partial charge on any atom is -0.482 e. The van der Waals surface area contributed by atoms with Gasteiger partial charge in [-0.15, -0.1) is 0 Å². The van der Waals surface area contributed by atoms with Crippen molar-refractivity contribution >= 4 is 34.9 Å². The van der Waals surface area contributed by atoms with Gasteiger partial charge in [-0.2, -0.15) is 0 Å². The summed E-state index contributed by atoms with van der Waals surface area (Å²) >= 11 is 5.79. The molecule has 160 valence electrons. The third-order valence-corrected chi connectivity index (χ3v) is 5.12. The summed E-state index contributed by atoms with van der Waals surface area (Å²) in [7, 11) is 0. The van der Waals surface area contributed by atoms with E-state index in [1.807, 2.05) is 24.3 Å². The van der Waals surface area contributed by atoms with E-state index in [2.05, 4.69) is 22.0 Å². The van der Waals surface area contributed by atoms with Crippen LogP contribution < -0.4 is 15.0 Å². The summed E-state index contributed by atoms with van der Waals surface area (Å²) in [5, 5.41) is 3.30. The molecule has 0 aliphatic carbocycles. The molecular weight excluding hydrogens is 406 g/mol. The molecular formula is C22H26ClN3O4. The van der Waals surface area contributed by atoms with Gasteiger partial charge < -0.3 is 24.6 Å². The van der Waals surface area contributed by atoms with Gasteiger partial charge in [0.2, 0.25) is 0 Å². The Bertz CT molecular complexity index is 834. The highest BCUT2D eigenvalue weighted by Gasteiger charge is 2.16. The number of ether oxygens (including phenoxy) is 2. The number of nitrogens with zero attached hydrogens (tertiary/aromatic N) is 2. The molecule has 1 N–H and O–H groups in total. The third-order valence-electron chi connectivity index (χ3n) is 4.87. The highest BCUT2D eigenvalue weighted by molar-refractivity contribution is 6.30. The van der Waals surface area contributed by atoms with Crippen LogP contribution in [0.5, 0.6) is 5.75 Å². The molecule has 0 saturated carbocycles. The van der Waals surface area contributed by atoms with Gasteiger partial charge in [-0.05, 0) is 55.1 Å². The smallest absolute Gasteiger partial charge is 0.344 e. The number of piperazine rings is 1. The quantitative estimate of drug-likeness (QED) is 0.648. The average molecular weight is 432 g/mol. The molecule has 0 atom stereocenters. The summed E-state index contributed by atoms with van der Waals surface area (Å²) in [6.07, 6.45) is 0. The lowest BCUT2D eigenvalue weighted by Crippen LogP contribution is -2.46. The predicted octanol–water partition coefficient (Wildman–Crippen LogP) is 3.04. The van der Waals surface area contributed by atoms with Crippen molar-refractivity contribution in [1.82, 2.24) is 4.90 Å². The molecule has 1 amide bonds. The summed E-state index contributed by atoms with van der Waals surface area (Å²) in [4.78, 5) is 28.5. The number of carbonyl (C=O) groups is 2. The van der Waals surface area contributed by atoms with Crippen LogP contribution in [0.2, 0.25) is 5.02 Å². The molecule has 1 aliphatic rings. The molecule has 2 aromatic rings. The molecule has 1 aliphatic heterocycles. The van der Waals surface area contributed by atoms with Crippen LogP contribution in [0.3, 0.4) is 0 Å². The first kappa shape index (κ1) is 21.9. The van der Waals surface area contributed by atoms with Crippen molar-refractivity contribution in [2.45, 2.75) is 6.92 Å². The Morgan fingerprint density at radius 2 is 1.63 bits per heavy atom. The number of hydrogen-bond donors (Lipinski definition) is 1. The first-order valence-corrected chi connectivity index (χ1v) is 10.3. The van der Waals surface area contributed by atoms with E-state index in [1.54, 1.807) is 24.3 Å². The van der Waals surface area contributed by atoms with Crippen LogP contribution in [0.4, 0.5) is 11.4 Å². The van der Waals surface area contributed by atoms with E-state index in [4.69, 9.17) is 21.1 Å². The van der Waals surface area contributed by atoms with Crippen molar-refractivity contribution in [1.29, 1.82) is 0 Å². The zero-order valence-corrected chi connectivity index (χ0v) is 17.7. The SMILES string of the molecule is CCN1CCN(c2ccc(NC(=O)COC(=O)COc3ccc(Cl)cc3)cc2)CC1. The number of nitrogens with one attached hydrogen (secondary N) is 1. The van der Waals surface area contributed by atoms with E-state index in [0.29, 0.717) is 16.5 Å². The molecule has 8 heteroatoms. The summed E-state index contributed by atoms with van der Waals surface area (Å²) < 4.78 is 10.2. The van der Waals surface area contributed by atoms with Gasteiger partial charge in [0, 0.05) is 42.6 Å². The maximum atomic E-state index is 12.0. The van der Waals surface area contributed by atoms with Crippen LogP contribution in [0, 0.1) is 0 Å². The molecule has 3 rings (SSSR count). The molecule has 0 bridgehead atoms. The van der Waals surface area contributed by atoms with Gasteiger partial charge in [-0.25, -0.2) is 4.79 Å². The fourth-order valence-corrected chi connectivity index (χ4v) is 3.26. The Morgan fingerprint density at radius 1 is 0.967 bits per heavy atom. The maximum Gasteiger partial charge on any atom is 0.344 e. The van der Waals surface area contributed by atoms with Crippen molar-refractivity contribution in [3.63, 3.8) is 0 Å². The number of halogens is 1. The van der Waals surface area contributed by atoms with Crippen LogP contribution in [-0.4, -0.2) is 62.7 Å². The number of rotatable bonds is 8. The molecule has 2 aromatic carbocycles. The second-order valence-electron chi connectivity index (χ2n) is 6.92. The van der Waals surface area contributed by atoms with Gasteiger partial charge >= 0.3 is 5.97 Å². The third kappa shape index (κ3) is 6.64. The molecule has 30 heavy (non-hydrogen) atoms. The average Bonchev–Trinajstić information content (AvgIpc) is 2.78. The number of anilines is 2. The van der Waals surface area contributed by atoms with Crippen LogP contribution >= 0.6 is 11.6 Å². The molecule has 0 radical (unpaired) electrons. The van der Waals surface area contributed by atoms with Gasteiger partial charge in [0.05, 0.1) is 0 Å². The largest absolute Gasteiger partial charge is 0.482 e. The van der Waals surface area contributed by atoms with Crippen molar-refractivity contribution in [3.8, 4) is 5.75 Å². The first-order valence-electron chi connectivity index (χ1n) is 9.94. The number of esters is 1. The van der Waals surface area contributed by atoms with Crippen molar-refractivity contribution in [2.75, 3.05) is 56.2 Å². The number of hydrogen-bond acceptors (Lipinski definition) is 6. The van der Waals surface area contributed by atoms with Crippen molar-refractivity contribution in [2.24, 2.45) is 0 Å².